The zero-order chi connectivity index (χ0) is 14.2. The second-order valence-electron chi connectivity index (χ2n) is 4.90. The molecule has 0 aromatic carbocycles. The number of aromatic nitrogens is 1. The van der Waals surface area contributed by atoms with Gasteiger partial charge in [-0.3, -0.25) is 0 Å². The minimum absolute atomic E-state index is 0.319. The normalized spacial score (nSPS) is 14.6. The molecule has 20 heavy (non-hydrogen) atoms. The van der Waals surface area contributed by atoms with Gasteiger partial charge in [-0.15, -0.1) is 0 Å². The molecule has 1 aliphatic rings. The van der Waals surface area contributed by atoms with Crippen LogP contribution in [0.3, 0.4) is 0 Å². The highest BCUT2D eigenvalue weighted by molar-refractivity contribution is 5.94. The van der Waals surface area contributed by atoms with E-state index in [9.17, 15) is 4.79 Å². The zero-order valence-electron chi connectivity index (χ0n) is 12.0. The van der Waals surface area contributed by atoms with Crippen molar-refractivity contribution >= 4 is 11.8 Å². The van der Waals surface area contributed by atoms with Crippen molar-refractivity contribution in [3.8, 4) is 0 Å². The lowest BCUT2D eigenvalue weighted by Gasteiger charge is -2.14. The summed E-state index contributed by atoms with van der Waals surface area (Å²) in [4.78, 5) is 16.0. The number of carbonyl (C=O) groups is 1. The van der Waals surface area contributed by atoms with E-state index < -0.39 is 0 Å². The van der Waals surface area contributed by atoms with Crippen LogP contribution in [0.15, 0.2) is 30.0 Å². The Morgan fingerprint density at radius 1 is 1.45 bits per heavy atom. The quantitative estimate of drug-likeness (QED) is 0.636. The first-order valence-electron chi connectivity index (χ1n) is 7.35. The van der Waals surface area contributed by atoms with Gasteiger partial charge in [-0.25, -0.2) is 9.78 Å². The van der Waals surface area contributed by atoms with E-state index in [2.05, 4.69) is 16.4 Å². The summed E-state index contributed by atoms with van der Waals surface area (Å²) in [7, 11) is 0. The van der Waals surface area contributed by atoms with E-state index in [0.717, 1.165) is 13.0 Å². The minimum Gasteiger partial charge on any atom is -0.462 e. The first-order chi connectivity index (χ1) is 9.81. The Labute approximate surface area is 120 Å². The number of anilines is 1. The Hall–Kier alpha value is -1.84. The number of esters is 1. The minimum atomic E-state index is -0.319. The van der Waals surface area contributed by atoms with Gasteiger partial charge in [-0.05, 0) is 51.2 Å². The second-order valence-corrected chi connectivity index (χ2v) is 4.90. The molecule has 1 heterocycles. The van der Waals surface area contributed by atoms with Crippen molar-refractivity contribution in [3.63, 3.8) is 0 Å². The number of ether oxygens (including phenoxy) is 1. The van der Waals surface area contributed by atoms with E-state index in [-0.39, 0.29) is 5.97 Å². The molecule has 0 bridgehead atoms. The first kappa shape index (κ1) is 14.6. The fraction of sp³-hybridized carbons (Fsp3) is 0.500. The third-order valence-electron chi connectivity index (χ3n) is 3.43. The van der Waals surface area contributed by atoms with E-state index in [0.29, 0.717) is 18.0 Å². The molecule has 0 saturated carbocycles. The van der Waals surface area contributed by atoms with E-state index >= 15 is 0 Å². The number of pyridine rings is 1. The predicted molar refractivity (Wildman–Crippen MR) is 79.9 cm³/mol. The van der Waals surface area contributed by atoms with Crippen LogP contribution < -0.4 is 5.32 Å². The molecule has 0 radical (unpaired) electrons. The van der Waals surface area contributed by atoms with Crippen LogP contribution in [0.5, 0.6) is 0 Å². The lowest BCUT2D eigenvalue weighted by Crippen LogP contribution is -2.12. The number of nitrogens with one attached hydrogen (secondary N) is 1. The van der Waals surface area contributed by atoms with Crippen LogP contribution in [0, 0.1) is 0 Å². The Morgan fingerprint density at radius 3 is 3.10 bits per heavy atom. The summed E-state index contributed by atoms with van der Waals surface area (Å²) in [6, 6.07) is 3.49. The van der Waals surface area contributed by atoms with Crippen molar-refractivity contribution in [1.82, 2.24) is 4.98 Å². The van der Waals surface area contributed by atoms with Gasteiger partial charge in [-0.1, -0.05) is 11.6 Å². The Bertz CT molecular complexity index is 483. The average molecular weight is 274 g/mol. The van der Waals surface area contributed by atoms with Crippen LogP contribution in [0.2, 0.25) is 0 Å². The maximum absolute atomic E-state index is 11.8. The molecule has 1 aromatic rings. The molecule has 0 spiro atoms. The third-order valence-corrected chi connectivity index (χ3v) is 3.43. The number of nitrogens with zero attached hydrogens (tertiary/aromatic N) is 1. The lowest BCUT2D eigenvalue weighted by atomic mass is 9.97. The number of allylic oxidation sites excluding steroid dienone is 1. The van der Waals surface area contributed by atoms with Crippen molar-refractivity contribution in [2.24, 2.45) is 0 Å². The molecule has 1 aliphatic carbocycles. The van der Waals surface area contributed by atoms with Gasteiger partial charge in [0.2, 0.25) is 0 Å². The number of hydrogen-bond donors (Lipinski definition) is 1. The third kappa shape index (κ3) is 4.08. The van der Waals surface area contributed by atoms with Crippen molar-refractivity contribution in [1.29, 1.82) is 0 Å². The summed E-state index contributed by atoms with van der Waals surface area (Å²) < 4.78 is 5.03. The van der Waals surface area contributed by atoms with E-state index in [1.54, 1.807) is 25.3 Å². The Morgan fingerprint density at radius 2 is 2.35 bits per heavy atom. The predicted octanol–water partition coefficient (Wildman–Crippen LogP) is 3.56. The highest BCUT2D eigenvalue weighted by atomic mass is 16.5. The van der Waals surface area contributed by atoms with Crippen LogP contribution in [0.1, 0.15) is 49.4 Å². The molecule has 0 fully saturated rings. The smallest absolute Gasteiger partial charge is 0.341 e. The van der Waals surface area contributed by atoms with Gasteiger partial charge in [0.15, 0.2) is 0 Å². The maximum atomic E-state index is 11.8. The Balaban J connectivity index is 1.92. The van der Waals surface area contributed by atoms with E-state index in [1.165, 1.54) is 31.3 Å². The molecule has 2 rings (SSSR count). The molecule has 1 aromatic heterocycles. The van der Waals surface area contributed by atoms with Crippen molar-refractivity contribution in [2.45, 2.75) is 39.0 Å². The number of hydrogen-bond acceptors (Lipinski definition) is 4. The summed E-state index contributed by atoms with van der Waals surface area (Å²) in [5.41, 5.74) is 2.02. The molecule has 1 N–H and O–H groups in total. The standard InChI is InChI=1S/C16H22N2O2/c1-2-20-16(19)14-9-6-11-17-15(14)18-12-10-13-7-4-3-5-8-13/h6-7,9,11H,2-5,8,10,12H2,1H3,(H,17,18). The highest BCUT2D eigenvalue weighted by Gasteiger charge is 2.13. The lowest BCUT2D eigenvalue weighted by molar-refractivity contribution is 0.0527. The highest BCUT2D eigenvalue weighted by Crippen LogP contribution is 2.20. The molecule has 0 atom stereocenters. The largest absolute Gasteiger partial charge is 0.462 e. The Kier molecular flexibility index (Phi) is 5.59. The van der Waals surface area contributed by atoms with Crippen molar-refractivity contribution < 1.29 is 9.53 Å². The SMILES string of the molecule is CCOC(=O)c1cccnc1NCCC1=CCCCC1. The van der Waals surface area contributed by atoms with E-state index in [4.69, 9.17) is 4.74 Å². The van der Waals surface area contributed by atoms with Crippen LogP contribution in [0.25, 0.3) is 0 Å². The van der Waals surface area contributed by atoms with Gasteiger partial charge in [-0.2, -0.15) is 0 Å². The monoisotopic (exact) mass is 274 g/mol. The summed E-state index contributed by atoms with van der Waals surface area (Å²) in [6.07, 6.45) is 10.1. The van der Waals surface area contributed by atoms with Gasteiger partial charge in [0.1, 0.15) is 11.4 Å². The van der Waals surface area contributed by atoms with Crippen LogP contribution in [-0.2, 0) is 4.74 Å². The number of rotatable bonds is 6. The van der Waals surface area contributed by atoms with Crippen molar-refractivity contribution in [3.05, 3.63) is 35.5 Å². The van der Waals surface area contributed by atoms with Gasteiger partial charge < -0.3 is 10.1 Å². The van der Waals surface area contributed by atoms with Gasteiger partial charge >= 0.3 is 5.97 Å². The molecular formula is C16H22N2O2. The van der Waals surface area contributed by atoms with Crippen LogP contribution >= 0.6 is 0 Å². The maximum Gasteiger partial charge on any atom is 0.341 e. The summed E-state index contributed by atoms with van der Waals surface area (Å²) >= 11 is 0. The molecular weight excluding hydrogens is 252 g/mol. The average Bonchev–Trinajstić information content (AvgIpc) is 2.49. The van der Waals surface area contributed by atoms with Gasteiger partial charge in [0.05, 0.1) is 6.61 Å². The van der Waals surface area contributed by atoms with Crippen molar-refractivity contribution in [2.75, 3.05) is 18.5 Å². The molecule has 4 heteroatoms. The molecule has 4 nitrogen and oxygen atoms in total. The molecule has 0 unspecified atom stereocenters. The summed E-state index contributed by atoms with van der Waals surface area (Å²) in [5, 5.41) is 3.25. The fourth-order valence-corrected chi connectivity index (χ4v) is 2.39. The fourth-order valence-electron chi connectivity index (χ4n) is 2.39. The molecule has 0 aliphatic heterocycles. The number of carbonyl (C=O) groups excluding carboxylic acids is 1. The zero-order valence-corrected chi connectivity index (χ0v) is 12.0. The van der Waals surface area contributed by atoms with E-state index in [1.807, 2.05) is 0 Å². The molecule has 108 valence electrons. The summed E-state index contributed by atoms with van der Waals surface area (Å²) in [6.45, 7) is 2.98. The van der Waals surface area contributed by atoms with Crippen LogP contribution in [-0.4, -0.2) is 24.1 Å². The van der Waals surface area contributed by atoms with Gasteiger partial charge in [0, 0.05) is 12.7 Å². The molecule has 0 saturated heterocycles. The second kappa shape index (κ2) is 7.68. The summed E-state index contributed by atoms with van der Waals surface area (Å²) in [5.74, 6) is 0.294. The molecule has 0 amide bonds. The topological polar surface area (TPSA) is 51.2 Å². The first-order valence-corrected chi connectivity index (χ1v) is 7.35. The van der Waals surface area contributed by atoms with Gasteiger partial charge in [0.25, 0.3) is 0 Å². The van der Waals surface area contributed by atoms with Crippen LogP contribution in [0.4, 0.5) is 5.82 Å².